The number of benzene rings is 2. The van der Waals surface area contributed by atoms with Crippen molar-refractivity contribution in [2.45, 2.75) is 19.9 Å². The minimum absolute atomic E-state index is 0.152. The number of aryl methyl sites for hydroxylation is 1. The van der Waals surface area contributed by atoms with Crippen molar-refractivity contribution in [2.24, 2.45) is 13.0 Å². The molecule has 2 N–H and O–H groups in total. The van der Waals surface area contributed by atoms with Crippen LogP contribution in [0.25, 0.3) is 33.3 Å². The summed E-state index contributed by atoms with van der Waals surface area (Å²) >= 11 is 0. The van der Waals surface area contributed by atoms with Gasteiger partial charge in [0.15, 0.2) is 0 Å². The first-order valence-corrected chi connectivity index (χ1v) is 10.9. The Labute approximate surface area is 186 Å². The number of aromatic nitrogens is 5. The van der Waals surface area contributed by atoms with E-state index in [1.54, 1.807) is 16.9 Å². The highest BCUT2D eigenvalue weighted by Gasteiger charge is 2.23. The normalized spacial score (nSPS) is 16.8. The van der Waals surface area contributed by atoms with E-state index in [0.717, 1.165) is 41.7 Å². The van der Waals surface area contributed by atoms with Crippen LogP contribution in [-0.2, 0) is 7.05 Å². The minimum Gasteiger partial charge on any atom is -0.507 e. The average Bonchev–Trinajstić information content (AvgIpc) is 3.18. The first-order chi connectivity index (χ1) is 15.5. The van der Waals surface area contributed by atoms with Gasteiger partial charge in [0.1, 0.15) is 11.4 Å². The van der Waals surface area contributed by atoms with Gasteiger partial charge in [-0.3, -0.25) is 4.68 Å². The molecule has 1 fully saturated rings. The lowest BCUT2D eigenvalue weighted by Gasteiger charge is -2.35. The summed E-state index contributed by atoms with van der Waals surface area (Å²) in [7, 11) is 1.91. The van der Waals surface area contributed by atoms with Crippen molar-refractivity contribution in [2.75, 3.05) is 24.5 Å². The quantitative estimate of drug-likeness (QED) is 0.515. The number of nitrogens with one attached hydrogen (secondary N) is 1. The highest BCUT2D eigenvalue weighted by molar-refractivity contribution is 5.85. The summed E-state index contributed by atoms with van der Waals surface area (Å²) in [6.07, 6.45) is 3.67. The van der Waals surface area contributed by atoms with Gasteiger partial charge in [-0.2, -0.15) is 5.10 Å². The zero-order valence-electron chi connectivity index (χ0n) is 18.5. The van der Waals surface area contributed by atoms with Crippen LogP contribution >= 0.6 is 0 Å². The lowest BCUT2D eigenvalue weighted by Crippen LogP contribution is -2.53. The van der Waals surface area contributed by atoms with Gasteiger partial charge in [-0.15, -0.1) is 10.2 Å². The number of aromatic hydroxyl groups is 1. The maximum atomic E-state index is 10.7. The van der Waals surface area contributed by atoms with E-state index < -0.39 is 0 Å². The highest BCUT2D eigenvalue weighted by Crippen LogP contribution is 2.33. The van der Waals surface area contributed by atoms with Gasteiger partial charge in [0, 0.05) is 49.9 Å². The molecule has 1 unspecified atom stereocenters. The Hall–Kier alpha value is -3.52. The maximum Gasteiger partial charge on any atom is 0.245 e. The smallest absolute Gasteiger partial charge is 0.245 e. The number of phenolic OH excluding ortho intramolecular Hbond substituents is 1. The summed E-state index contributed by atoms with van der Waals surface area (Å²) in [5, 5.41) is 28.4. The van der Waals surface area contributed by atoms with Crippen LogP contribution in [-0.4, -0.2) is 55.7 Å². The lowest BCUT2D eigenvalue weighted by molar-refractivity contribution is 0.365. The number of nitrogens with zero attached hydrogens (tertiary/aromatic N) is 6. The summed E-state index contributed by atoms with van der Waals surface area (Å²) in [6, 6.07) is 12.1. The third-order valence-electron chi connectivity index (χ3n) is 6.07. The number of hydrogen-bond donors (Lipinski definition) is 2. The summed E-state index contributed by atoms with van der Waals surface area (Å²) in [6.45, 7) is 7.04. The number of anilines is 1. The van der Waals surface area contributed by atoms with E-state index in [1.807, 2.05) is 37.5 Å². The first kappa shape index (κ1) is 20.4. The summed E-state index contributed by atoms with van der Waals surface area (Å²) in [4.78, 5) is 6.70. The minimum atomic E-state index is 0.152. The Morgan fingerprint density at radius 1 is 1.09 bits per heavy atom. The van der Waals surface area contributed by atoms with Crippen molar-refractivity contribution in [1.29, 1.82) is 0 Å². The molecule has 8 nitrogen and oxygen atoms in total. The molecule has 5 rings (SSSR count). The lowest BCUT2D eigenvalue weighted by atomic mass is 10.0. The molecule has 0 aliphatic carbocycles. The fraction of sp³-hybridized carbons (Fsp3) is 0.333. The summed E-state index contributed by atoms with van der Waals surface area (Å²) < 4.78 is 1.80. The van der Waals surface area contributed by atoms with E-state index in [1.165, 1.54) is 0 Å². The van der Waals surface area contributed by atoms with Gasteiger partial charge in [0.05, 0.1) is 11.7 Å². The molecule has 0 saturated carbocycles. The molecule has 164 valence electrons. The molecule has 0 bridgehead atoms. The van der Waals surface area contributed by atoms with E-state index in [2.05, 4.69) is 50.4 Å². The second kappa shape index (κ2) is 8.20. The van der Waals surface area contributed by atoms with Gasteiger partial charge in [-0.1, -0.05) is 26.0 Å². The molecular formula is C24H27N7O. The highest BCUT2D eigenvalue weighted by atomic mass is 16.3. The Balaban J connectivity index is 1.38. The van der Waals surface area contributed by atoms with Crippen molar-refractivity contribution >= 4 is 16.9 Å². The van der Waals surface area contributed by atoms with Gasteiger partial charge in [0.25, 0.3) is 0 Å². The van der Waals surface area contributed by atoms with E-state index in [9.17, 15) is 5.11 Å². The van der Waals surface area contributed by atoms with Crippen LogP contribution in [0.3, 0.4) is 0 Å². The molecule has 1 atom stereocenters. The molecule has 0 radical (unpaired) electrons. The predicted octanol–water partition coefficient (Wildman–Crippen LogP) is 3.23. The number of rotatable bonds is 4. The molecule has 1 aliphatic heterocycles. The van der Waals surface area contributed by atoms with Crippen LogP contribution in [0.5, 0.6) is 5.75 Å². The Kier molecular flexibility index (Phi) is 5.22. The average molecular weight is 430 g/mol. The van der Waals surface area contributed by atoms with Gasteiger partial charge < -0.3 is 15.3 Å². The van der Waals surface area contributed by atoms with Crippen molar-refractivity contribution in [3.05, 3.63) is 48.8 Å². The van der Waals surface area contributed by atoms with E-state index in [0.29, 0.717) is 29.2 Å². The molecular weight excluding hydrogens is 402 g/mol. The van der Waals surface area contributed by atoms with Crippen molar-refractivity contribution in [3.8, 4) is 28.1 Å². The van der Waals surface area contributed by atoms with Gasteiger partial charge >= 0.3 is 0 Å². The fourth-order valence-corrected chi connectivity index (χ4v) is 4.20. The monoisotopic (exact) mass is 429 g/mol. The van der Waals surface area contributed by atoms with E-state index in [4.69, 9.17) is 0 Å². The van der Waals surface area contributed by atoms with Gasteiger partial charge in [-0.25, -0.2) is 4.98 Å². The summed E-state index contributed by atoms with van der Waals surface area (Å²) in [5.41, 5.74) is 4.06. The number of phenols is 1. The molecule has 0 spiro atoms. The number of piperazine rings is 1. The van der Waals surface area contributed by atoms with Crippen LogP contribution in [0.15, 0.2) is 48.8 Å². The van der Waals surface area contributed by atoms with Gasteiger partial charge in [-0.05, 0) is 41.3 Å². The van der Waals surface area contributed by atoms with Gasteiger partial charge in [0.2, 0.25) is 5.95 Å². The van der Waals surface area contributed by atoms with Crippen LogP contribution in [0.2, 0.25) is 0 Å². The van der Waals surface area contributed by atoms with Crippen molar-refractivity contribution in [3.63, 3.8) is 0 Å². The zero-order chi connectivity index (χ0) is 22.2. The first-order valence-electron chi connectivity index (χ1n) is 10.9. The fourth-order valence-electron chi connectivity index (χ4n) is 4.20. The van der Waals surface area contributed by atoms with Crippen LogP contribution in [0.4, 0.5) is 5.95 Å². The molecule has 2 aromatic heterocycles. The molecule has 1 saturated heterocycles. The number of fused-ring (bicyclic) bond motifs is 1. The third-order valence-corrected chi connectivity index (χ3v) is 6.07. The van der Waals surface area contributed by atoms with Crippen LogP contribution < -0.4 is 10.2 Å². The standard InChI is InChI=1S/C24H27N7O/c1-15(2)22-14-31(9-8-25-22)24-26-12-21(27-28-24)19-6-4-17(11-23(19)32)16-5-7-20-18(10-16)13-30(3)29-20/h4-7,10-13,15,22,25,32H,8-9,14H2,1-3H3. The van der Waals surface area contributed by atoms with E-state index >= 15 is 0 Å². The SMILES string of the molecule is CC(C)C1CN(c2ncc(-c3ccc(-c4ccc5nn(C)cc5c4)cc3O)nn2)CCN1. The molecule has 4 aromatic rings. The molecule has 32 heavy (non-hydrogen) atoms. The molecule has 1 aliphatic rings. The Bertz CT molecular complexity index is 1250. The number of hydrogen-bond acceptors (Lipinski definition) is 7. The topological polar surface area (TPSA) is 92.0 Å². The molecule has 8 heteroatoms. The van der Waals surface area contributed by atoms with Crippen molar-refractivity contribution < 1.29 is 5.11 Å². The van der Waals surface area contributed by atoms with Crippen LogP contribution in [0, 0.1) is 5.92 Å². The van der Waals surface area contributed by atoms with Crippen molar-refractivity contribution in [1.82, 2.24) is 30.3 Å². The summed E-state index contributed by atoms with van der Waals surface area (Å²) in [5.74, 6) is 1.32. The molecule has 0 amide bonds. The van der Waals surface area contributed by atoms with E-state index in [-0.39, 0.29) is 5.75 Å². The molecule has 3 heterocycles. The predicted molar refractivity (Wildman–Crippen MR) is 125 cm³/mol. The Morgan fingerprint density at radius 2 is 1.91 bits per heavy atom. The molecule has 2 aromatic carbocycles. The zero-order valence-corrected chi connectivity index (χ0v) is 18.5. The largest absolute Gasteiger partial charge is 0.507 e. The second-order valence-electron chi connectivity index (χ2n) is 8.70. The second-order valence-corrected chi connectivity index (χ2v) is 8.70. The Morgan fingerprint density at radius 3 is 2.66 bits per heavy atom. The van der Waals surface area contributed by atoms with Crippen LogP contribution in [0.1, 0.15) is 13.8 Å². The maximum absolute atomic E-state index is 10.7. The third kappa shape index (κ3) is 3.89.